The third kappa shape index (κ3) is 6.05. The van der Waals surface area contributed by atoms with Gasteiger partial charge in [0.15, 0.2) is 0 Å². The summed E-state index contributed by atoms with van der Waals surface area (Å²) in [6.45, 7) is 9.36. The largest absolute Gasteiger partial charge is 0.325 e. The molecule has 3 rings (SSSR count). The van der Waals surface area contributed by atoms with E-state index in [4.69, 9.17) is 0 Å². The van der Waals surface area contributed by atoms with Crippen molar-refractivity contribution in [1.29, 1.82) is 0 Å². The molecule has 1 aliphatic rings. The minimum absolute atomic E-state index is 0.0689. The zero-order chi connectivity index (χ0) is 19.1. The van der Waals surface area contributed by atoms with Gasteiger partial charge in [0.1, 0.15) is 0 Å². The van der Waals surface area contributed by atoms with Crippen molar-refractivity contribution >= 4 is 17.7 Å². The summed E-state index contributed by atoms with van der Waals surface area (Å²) in [5.41, 5.74) is 4.47. The van der Waals surface area contributed by atoms with Gasteiger partial charge in [0, 0.05) is 38.4 Å². The highest BCUT2D eigenvalue weighted by Gasteiger charge is 2.18. The molecule has 1 saturated heterocycles. The fourth-order valence-electron chi connectivity index (χ4n) is 3.38. The van der Waals surface area contributed by atoms with Crippen LogP contribution < -0.4 is 5.32 Å². The van der Waals surface area contributed by atoms with Gasteiger partial charge in [0.2, 0.25) is 5.91 Å². The fraction of sp³-hybridized carbons (Fsp3) is 0.348. The molecule has 0 spiro atoms. The number of aryl methyl sites for hydroxylation is 2. The Hall–Kier alpha value is -2.43. The van der Waals surface area contributed by atoms with Gasteiger partial charge < -0.3 is 5.32 Å². The third-order valence-electron chi connectivity index (χ3n) is 4.96. The molecule has 0 radical (unpaired) electrons. The third-order valence-corrected chi connectivity index (χ3v) is 4.96. The molecule has 1 amide bonds. The quantitative estimate of drug-likeness (QED) is 0.852. The van der Waals surface area contributed by atoms with Gasteiger partial charge in [-0.3, -0.25) is 14.6 Å². The molecule has 2 aromatic rings. The van der Waals surface area contributed by atoms with E-state index in [-0.39, 0.29) is 5.91 Å². The van der Waals surface area contributed by atoms with Gasteiger partial charge in [-0.05, 0) is 31.0 Å². The smallest absolute Gasteiger partial charge is 0.238 e. The SMILES string of the molecule is Cc1ccc(NC(=O)CN2CCN(C/C=C/c3ccccc3)CC2)c(C)c1. The van der Waals surface area contributed by atoms with Crippen LogP contribution in [0, 0.1) is 13.8 Å². The molecule has 1 fully saturated rings. The molecular formula is C23H29N3O. The number of rotatable bonds is 6. The van der Waals surface area contributed by atoms with Gasteiger partial charge in [-0.1, -0.05) is 60.2 Å². The summed E-state index contributed by atoms with van der Waals surface area (Å²) in [4.78, 5) is 17.0. The van der Waals surface area contributed by atoms with Gasteiger partial charge in [0.25, 0.3) is 0 Å². The number of anilines is 1. The van der Waals surface area contributed by atoms with Gasteiger partial charge >= 0.3 is 0 Å². The Balaban J connectivity index is 1.40. The zero-order valence-corrected chi connectivity index (χ0v) is 16.3. The molecule has 1 N–H and O–H groups in total. The molecule has 0 aromatic heterocycles. The van der Waals surface area contributed by atoms with Crippen LogP contribution >= 0.6 is 0 Å². The maximum atomic E-state index is 12.4. The zero-order valence-electron chi connectivity index (χ0n) is 16.3. The molecule has 4 heteroatoms. The Labute approximate surface area is 162 Å². The van der Waals surface area contributed by atoms with Gasteiger partial charge in [-0.2, -0.15) is 0 Å². The van der Waals surface area contributed by atoms with Crippen LogP contribution in [0.4, 0.5) is 5.69 Å². The van der Waals surface area contributed by atoms with Crippen molar-refractivity contribution in [1.82, 2.24) is 9.80 Å². The Kier molecular flexibility index (Phi) is 6.80. The van der Waals surface area contributed by atoms with Crippen LogP contribution in [-0.2, 0) is 4.79 Å². The number of nitrogens with zero attached hydrogens (tertiary/aromatic N) is 2. The monoisotopic (exact) mass is 363 g/mol. The molecule has 4 nitrogen and oxygen atoms in total. The normalized spacial score (nSPS) is 15.9. The minimum Gasteiger partial charge on any atom is -0.325 e. The first-order chi connectivity index (χ1) is 13.1. The highest BCUT2D eigenvalue weighted by atomic mass is 16.2. The first-order valence-corrected chi connectivity index (χ1v) is 9.63. The van der Waals surface area contributed by atoms with E-state index in [9.17, 15) is 4.79 Å². The lowest BCUT2D eigenvalue weighted by Crippen LogP contribution is -2.48. The number of hydrogen-bond donors (Lipinski definition) is 1. The highest BCUT2D eigenvalue weighted by molar-refractivity contribution is 5.93. The summed E-state index contributed by atoms with van der Waals surface area (Å²) >= 11 is 0. The number of hydrogen-bond acceptors (Lipinski definition) is 3. The van der Waals surface area contributed by atoms with Crippen LogP contribution in [0.5, 0.6) is 0 Å². The number of carbonyl (C=O) groups excluding carboxylic acids is 1. The molecule has 1 heterocycles. The van der Waals surface area contributed by atoms with Crippen molar-refractivity contribution in [2.75, 3.05) is 44.6 Å². The van der Waals surface area contributed by atoms with Crippen LogP contribution in [0.3, 0.4) is 0 Å². The lowest BCUT2D eigenvalue weighted by atomic mass is 10.1. The first-order valence-electron chi connectivity index (χ1n) is 9.63. The Bertz CT molecular complexity index is 777. The van der Waals surface area contributed by atoms with Crippen LogP contribution in [0.1, 0.15) is 16.7 Å². The van der Waals surface area contributed by atoms with E-state index in [0.29, 0.717) is 6.54 Å². The van der Waals surface area contributed by atoms with Crippen molar-refractivity contribution in [2.45, 2.75) is 13.8 Å². The maximum absolute atomic E-state index is 12.4. The van der Waals surface area contributed by atoms with Crippen LogP contribution in [0.15, 0.2) is 54.6 Å². The summed E-state index contributed by atoms with van der Waals surface area (Å²) < 4.78 is 0. The molecule has 1 aliphatic heterocycles. The molecule has 0 aliphatic carbocycles. The number of carbonyl (C=O) groups is 1. The Morgan fingerprint density at radius 1 is 1.00 bits per heavy atom. The molecule has 142 valence electrons. The van der Waals surface area contributed by atoms with Crippen molar-refractivity contribution < 1.29 is 4.79 Å². The number of nitrogens with one attached hydrogen (secondary N) is 1. The Morgan fingerprint density at radius 2 is 1.70 bits per heavy atom. The second-order valence-electron chi connectivity index (χ2n) is 7.26. The standard InChI is InChI=1S/C23H29N3O/c1-19-10-11-22(20(2)17-19)24-23(27)18-26-15-13-25(14-16-26)12-6-9-21-7-4-3-5-8-21/h3-11,17H,12-16,18H2,1-2H3,(H,24,27)/b9-6+. The second kappa shape index (κ2) is 9.49. The summed E-state index contributed by atoms with van der Waals surface area (Å²) in [5, 5.41) is 3.04. The fourth-order valence-corrected chi connectivity index (χ4v) is 3.38. The predicted molar refractivity (Wildman–Crippen MR) is 113 cm³/mol. The summed E-state index contributed by atoms with van der Waals surface area (Å²) in [5.74, 6) is 0.0689. The van der Waals surface area contributed by atoms with Crippen LogP contribution in [0.25, 0.3) is 6.08 Å². The van der Waals surface area contributed by atoms with Crippen molar-refractivity contribution in [3.05, 3.63) is 71.3 Å². The highest BCUT2D eigenvalue weighted by Crippen LogP contribution is 2.16. The second-order valence-corrected chi connectivity index (χ2v) is 7.26. The van der Waals surface area contributed by atoms with E-state index in [1.165, 1.54) is 11.1 Å². The minimum atomic E-state index is 0.0689. The van der Waals surface area contributed by atoms with Gasteiger partial charge in [0.05, 0.1) is 6.54 Å². The van der Waals surface area contributed by atoms with E-state index in [0.717, 1.165) is 44.0 Å². The molecule has 0 bridgehead atoms. The predicted octanol–water partition coefficient (Wildman–Crippen LogP) is 3.57. The molecular weight excluding hydrogens is 334 g/mol. The molecule has 0 atom stereocenters. The van der Waals surface area contributed by atoms with Gasteiger partial charge in [-0.15, -0.1) is 0 Å². The molecule has 0 saturated carbocycles. The van der Waals surface area contributed by atoms with Crippen LogP contribution in [-0.4, -0.2) is 55.0 Å². The van der Waals surface area contributed by atoms with Gasteiger partial charge in [-0.25, -0.2) is 0 Å². The van der Waals surface area contributed by atoms with Crippen molar-refractivity contribution in [3.8, 4) is 0 Å². The maximum Gasteiger partial charge on any atom is 0.238 e. The Morgan fingerprint density at radius 3 is 2.41 bits per heavy atom. The first kappa shape index (κ1) is 19.3. The van der Waals surface area contributed by atoms with E-state index in [1.54, 1.807) is 0 Å². The lowest BCUT2D eigenvalue weighted by Gasteiger charge is -2.33. The number of benzene rings is 2. The van der Waals surface area contributed by atoms with E-state index >= 15 is 0 Å². The number of piperazine rings is 1. The average Bonchev–Trinajstić information content (AvgIpc) is 2.66. The van der Waals surface area contributed by atoms with Crippen molar-refractivity contribution in [2.24, 2.45) is 0 Å². The average molecular weight is 364 g/mol. The summed E-state index contributed by atoms with van der Waals surface area (Å²) in [7, 11) is 0. The molecule has 2 aromatic carbocycles. The van der Waals surface area contributed by atoms with E-state index < -0.39 is 0 Å². The van der Waals surface area contributed by atoms with Crippen LogP contribution in [0.2, 0.25) is 0 Å². The molecule has 27 heavy (non-hydrogen) atoms. The topological polar surface area (TPSA) is 35.6 Å². The number of amides is 1. The van der Waals surface area contributed by atoms with Crippen molar-refractivity contribution in [3.63, 3.8) is 0 Å². The summed E-state index contributed by atoms with van der Waals surface area (Å²) in [6, 6.07) is 16.5. The summed E-state index contributed by atoms with van der Waals surface area (Å²) in [6.07, 6.45) is 4.39. The van der Waals surface area contributed by atoms with E-state index in [2.05, 4.69) is 64.5 Å². The molecule has 0 unspecified atom stereocenters. The van der Waals surface area contributed by atoms with E-state index in [1.807, 2.05) is 25.1 Å². The lowest BCUT2D eigenvalue weighted by molar-refractivity contribution is -0.117.